The standard InChI is InChI=1S/C17H18N2S/c1-17(14-11-7-4-8-12-14)15(18-16(19-17)20-2)13-9-5-3-6-10-13/h3-12,15H,1-2H3,(H,18,19)/t15-,17+/m1/s1. The third-order valence-electron chi connectivity index (χ3n) is 3.85. The predicted molar refractivity (Wildman–Crippen MR) is 87.1 cm³/mol. The van der Waals surface area contributed by atoms with E-state index >= 15 is 0 Å². The van der Waals surface area contributed by atoms with E-state index in [1.165, 1.54) is 11.1 Å². The van der Waals surface area contributed by atoms with Gasteiger partial charge in [-0.1, -0.05) is 72.4 Å². The summed E-state index contributed by atoms with van der Waals surface area (Å²) in [6, 6.07) is 21.2. The first-order valence-electron chi connectivity index (χ1n) is 6.75. The number of benzene rings is 2. The Balaban J connectivity index is 2.07. The molecule has 2 aromatic rings. The zero-order valence-electron chi connectivity index (χ0n) is 11.7. The summed E-state index contributed by atoms with van der Waals surface area (Å²) in [5.74, 6) is 0. The molecule has 0 saturated carbocycles. The van der Waals surface area contributed by atoms with E-state index in [-0.39, 0.29) is 11.6 Å². The van der Waals surface area contributed by atoms with Gasteiger partial charge in [-0.2, -0.15) is 0 Å². The zero-order chi connectivity index (χ0) is 14.0. The second-order valence-electron chi connectivity index (χ2n) is 5.12. The van der Waals surface area contributed by atoms with Gasteiger partial charge >= 0.3 is 0 Å². The van der Waals surface area contributed by atoms with E-state index in [9.17, 15) is 0 Å². The van der Waals surface area contributed by atoms with E-state index < -0.39 is 0 Å². The Hall–Kier alpha value is -1.74. The molecule has 0 spiro atoms. The monoisotopic (exact) mass is 282 g/mol. The SMILES string of the molecule is CSC1=N[C@@](C)(c2ccccc2)[C@@H](c2ccccc2)N1. The lowest BCUT2D eigenvalue weighted by Crippen LogP contribution is -2.32. The molecule has 0 amide bonds. The number of nitrogens with zero attached hydrogens (tertiary/aromatic N) is 1. The molecule has 0 radical (unpaired) electrons. The van der Waals surface area contributed by atoms with Crippen LogP contribution < -0.4 is 5.32 Å². The minimum atomic E-state index is -0.263. The highest BCUT2D eigenvalue weighted by Gasteiger charge is 2.42. The second-order valence-corrected chi connectivity index (χ2v) is 5.92. The number of rotatable bonds is 2. The summed E-state index contributed by atoms with van der Waals surface area (Å²) in [5, 5.41) is 4.56. The highest BCUT2D eigenvalue weighted by Crippen LogP contribution is 2.42. The van der Waals surface area contributed by atoms with E-state index in [0.717, 1.165) is 5.17 Å². The highest BCUT2D eigenvalue weighted by atomic mass is 32.2. The van der Waals surface area contributed by atoms with Crippen molar-refractivity contribution in [3.8, 4) is 0 Å². The van der Waals surface area contributed by atoms with Gasteiger partial charge in [0.2, 0.25) is 0 Å². The van der Waals surface area contributed by atoms with Crippen LogP contribution in [-0.4, -0.2) is 11.4 Å². The maximum Gasteiger partial charge on any atom is 0.157 e. The fraction of sp³-hybridized carbons (Fsp3) is 0.235. The van der Waals surface area contributed by atoms with Gasteiger partial charge in [-0.15, -0.1) is 0 Å². The minimum Gasteiger partial charge on any atom is -0.355 e. The second kappa shape index (κ2) is 5.33. The molecule has 3 rings (SSSR count). The molecule has 0 saturated heterocycles. The summed E-state index contributed by atoms with van der Waals surface area (Å²) in [5.41, 5.74) is 2.25. The Morgan fingerprint density at radius 1 is 1.00 bits per heavy atom. The summed E-state index contributed by atoms with van der Waals surface area (Å²) in [6.45, 7) is 2.20. The van der Waals surface area contributed by atoms with E-state index in [0.29, 0.717) is 0 Å². The van der Waals surface area contributed by atoms with Crippen LogP contribution in [0.1, 0.15) is 24.1 Å². The van der Waals surface area contributed by atoms with Gasteiger partial charge in [0.1, 0.15) is 5.54 Å². The van der Waals surface area contributed by atoms with E-state index in [4.69, 9.17) is 4.99 Å². The van der Waals surface area contributed by atoms with Crippen LogP contribution in [0.15, 0.2) is 65.7 Å². The Bertz CT molecular complexity index is 609. The predicted octanol–water partition coefficient (Wildman–Crippen LogP) is 3.97. The van der Waals surface area contributed by atoms with Gasteiger partial charge in [-0.25, -0.2) is 4.99 Å². The molecule has 0 aliphatic carbocycles. The number of amidine groups is 1. The minimum absolute atomic E-state index is 0.175. The molecule has 0 fully saturated rings. The van der Waals surface area contributed by atoms with Gasteiger partial charge in [0, 0.05) is 0 Å². The number of hydrogen-bond donors (Lipinski definition) is 1. The van der Waals surface area contributed by atoms with Crippen molar-refractivity contribution in [1.82, 2.24) is 5.32 Å². The number of aliphatic imine (C=N–C) groups is 1. The van der Waals surface area contributed by atoms with Crippen molar-refractivity contribution in [3.05, 3.63) is 71.8 Å². The van der Waals surface area contributed by atoms with Crippen LogP contribution in [0, 0.1) is 0 Å². The summed E-state index contributed by atoms with van der Waals surface area (Å²) < 4.78 is 0. The third-order valence-corrected chi connectivity index (χ3v) is 4.44. The van der Waals surface area contributed by atoms with Crippen LogP contribution in [-0.2, 0) is 5.54 Å². The lowest BCUT2D eigenvalue weighted by Gasteiger charge is -2.29. The Morgan fingerprint density at radius 2 is 1.60 bits per heavy atom. The zero-order valence-corrected chi connectivity index (χ0v) is 12.5. The van der Waals surface area contributed by atoms with Crippen molar-refractivity contribution >= 4 is 16.9 Å². The molecule has 0 unspecified atom stereocenters. The van der Waals surface area contributed by atoms with Crippen molar-refractivity contribution in [2.45, 2.75) is 18.5 Å². The molecule has 1 N–H and O–H groups in total. The molecule has 0 aromatic heterocycles. The van der Waals surface area contributed by atoms with Gasteiger partial charge in [-0.3, -0.25) is 0 Å². The molecule has 3 heteroatoms. The molecule has 1 aliphatic rings. The molecule has 1 aliphatic heterocycles. The summed E-state index contributed by atoms with van der Waals surface area (Å²) in [6.07, 6.45) is 2.06. The van der Waals surface area contributed by atoms with Crippen molar-refractivity contribution in [2.75, 3.05) is 6.26 Å². The molecule has 1 heterocycles. The molecule has 102 valence electrons. The average molecular weight is 282 g/mol. The first-order valence-corrected chi connectivity index (χ1v) is 7.97. The molecule has 0 bridgehead atoms. The molecular weight excluding hydrogens is 264 g/mol. The van der Waals surface area contributed by atoms with Gasteiger partial charge in [-0.05, 0) is 24.3 Å². The van der Waals surface area contributed by atoms with E-state index in [2.05, 4.69) is 73.1 Å². The fourth-order valence-corrected chi connectivity index (χ4v) is 3.25. The number of thioether (sulfide) groups is 1. The lowest BCUT2D eigenvalue weighted by atomic mass is 9.82. The first-order chi connectivity index (χ1) is 9.74. The van der Waals surface area contributed by atoms with E-state index in [1.807, 2.05) is 6.07 Å². The van der Waals surface area contributed by atoms with Gasteiger partial charge < -0.3 is 5.32 Å². The molecule has 20 heavy (non-hydrogen) atoms. The number of hydrogen-bond acceptors (Lipinski definition) is 3. The Morgan fingerprint density at radius 3 is 2.20 bits per heavy atom. The van der Waals surface area contributed by atoms with Crippen LogP contribution in [0.4, 0.5) is 0 Å². The van der Waals surface area contributed by atoms with E-state index in [1.54, 1.807) is 11.8 Å². The number of nitrogens with one attached hydrogen (secondary N) is 1. The summed E-state index contributed by atoms with van der Waals surface area (Å²) >= 11 is 1.67. The van der Waals surface area contributed by atoms with Gasteiger partial charge in [0.25, 0.3) is 0 Å². The topological polar surface area (TPSA) is 24.4 Å². The normalized spacial score (nSPS) is 25.1. The average Bonchev–Trinajstić information content (AvgIpc) is 2.87. The Kier molecular flexibility index (Phi) is 3.53. The van der Waals surface area contributed by atoms with Crippen LogP contribution in [0.2, 0.25) is 0 Å². The van der Waals surface area contributed by atoms with Crippen LogP contribution in [0.3, 0.4) is 0 Å². The van der Waals surface area contributed by atoms with Crippen molar-refractivity contribution in [2.24, 2.45) is 4.99 Å². The van der Waals surface area contributed by atoms with Gasteiger partial charge in [0.05, 0.1) is 6.04 Å². The van der Waals surface area contributed by atoms with Crippen molar-refractivity contribution in [3.63, 3.8) is 0 Å². The van der Waals surface area contributed by atoms with Gasteiger partial charge in [0.15, 0.2) is 5.17 Å². The van der Waals surface area contributed by atoms with Crippen molar-refractivity contribution in [1.29, 1.82) is 0 Å². The maximum atomic E-state index is 4.94. The molecule has 2 atom stereocenters. The summed E-state index contributed by atoms with van der Waals surface area (Å²) in [7, 11) is 0. The van der Waals surface area contributed by atoms with Crippen LogP contribution in [0.25, 0.3) is 0 Å². The molecular formula is C17H18N2S. The largest absolute Gasteiger partial charge is 0.355 e. The molecule has 2 aromatic carbocycles. The smallest absolute Gasteiger partial charge is 0.157 e. The third kappa shape index (κ3) is 2.22. The fourth-order valence-electron chi connectivity index (χ4n) is 2.74. The lowest BCUT2D eigenvalue weighted by molar-refractivity contribution is 0.406. The Labute approximate surface area is 124 Å². The highest BCUT2D eigenvalue weighted by molar-refractivity contribution is 8.13. The molecule has 2 nitrogen and oxygen atoms in total. The summed E-state index contributed by atoms with van der Waals surface area (Å²) in [4.78, 5) is 4.94. The maximum absolute atomic E-state index is 4.94. The first kappa shape index (κ1) is 13.3. The van der Waals surface area contributed by atoms with Crippen LogP contribution >= 0.6 is 11.8 Å². The van der Waals surface area contributed by atoms with Crippen LogP contribution in [0.5, 0.6) is 0 Å². The van der Waals surface area contributed by atoms with Crippen molar-refractivity contribution < 1.29 is 0 Å². The quantitative estimate of drug-likeness (QED) is 0.901.